The molecule has 18 heavy (non-hydrogen) atoms. The molecule has 1 amide bonds. The van der Waals surface area contributed by atoms with Crippen LogP contribution in [0.3, 0.4) is 0 Å². The third kappa shape index (κ3) is 3.11. The lowest BCUT2D eigenvalue weighted by atomic mass is 10.2. The monoisotopic (exact) mass is 242 g/mol. The van der Waals surface area contributed by atoms with E-state index in [0.29, 0.717) is 18.9 Å². The van der Waals surface area contributed by atoms with Gasteiger partial charge in [-0.1, -0.05) is 11.8 Å². The zero-order valence-electron chi connectivity index (χ0n) is 10.4. The van der Waals surface area contributed by atoms with Crippen LogP contribution < -0.4 is 5.32 Å². The first-order chi connectivity index (χ1) is 8.65. The average molecular weight is 242 g/mol. The SMILES string of the molecule is CC(=O)NCCC#Cc1ccc2nc(C)oc2c1. The maximum absolute atomic E-state index is 10.6. The first-order valence-corrected chi connectivity index (χ1v) is 5.75. The third-order valence-electron chi connectivity index (χ3n) is 2.35. The molecule has 1 aromatic heterocycles. The van der Waals surface area contributed by atoms with Gasteiger partial charge in [0, 0.05) is 32.4 Å². The van der Waals surface area contributed by atoms with Crippen LogP contribution in [0.4, 0.5) is 0 Å². The normalized spacial score (nSPS) is 9.89. The molecule has 4 heteroatoms. The van der Waals surface area contributed by atoms with E-state index in [1.807, 2.05) is 25.1 Å². The van der Waals surface area contributed by atoms with E-state index >= 15 is 0 Å². The quantitative estimate of drug-likeness (QED) is 0.647. The van der Waals surface area contributed by atoms with Crippen molar-refractivity contribution < 1.29 is 9.21 Å². The number of aryl methyl sites for hydroxylation is 1. The van der Waals surface area contributed by atoms with Crippen molar-refractivity contribution in [1.29, 1.82) is 0 Å². The van der Waals surface area contributed by atoms with Gasteiger partial charge in [-0.05, 0) is 18.2 Å². The number of carbonyl (C=O) groups excluding carboxylic acids is 1. The molecule has 1 aromatic carbocycles. The lowest BCUT2D eigenvalue weighted by Crippen LogP contribution is -2.20. The summed E-state index contributed by atoms with van der Waals surface area (Å²) in [5, 5.41) is 2.69. The van der Waals surface area contributed by atoms with Crippen LogP contribution in [0.2, 0.25) is 0 Å². The lowest BCUT2D eigenvalue weighted by Gasteiger charge is -1.94. The van der Waals surface area contributed by atoms with Crippen LogP contribution in [-0.4, -0.2) is 17.4 Å². The Labute approximate surface area is 105 Å². The molecule has 0 aliphatic rings. The highest BCUT2D eigenvalue weighted by Crippen LogP contribution is 2.16. The van der Waals surface area contributed by atoms with Crippen molar-refractivity contribution in [3.05, 3.63) is 29.7 Å². The number of hydrogen-bond donors (Lipinski definition) is 1. The first kappa shape index (κ1) is 12.2. The summed E-state index contributed by atoms with van der Waals surface area (Å²) in [6.45, 7) is 3.89. The minimum absolute atomic E-state index is 0.0321. The Hall–Kier alpha value is -2.28. The summed E-state index contributed by atoms with van der Waals surface area (Å²) in [5.74, 6) is 6.65. The zero-order chi connectivity index (χ0) is 13.0. The summed E-state index contributed by atoms with van der Waals surface area (Å²) < 4.78 is 5.43. The van der Waals surface area contributed by atoms with E-state index in [2.05, 4.69) is 22.1 Å². The van der Waals surface area contributed by atoms with Gasteiger partial charge in [0.15, 0.2) is 11.5 Å². The Bertz CT molecular complexity index is 632. The lowest BCUT2D eigenvalue weighted by molar-refractivity contribution is -0.118. The molecular formula is C14H14N2O2. The Kier molecular flexibility index (Phi) is 3.63. The first-order valence-electron chi connectivity index (χ1n) is 5.75. The second kappa shape index (κ2) is 5.37. The molecule has 0 radical (unpaired) electrons. The number of amides is 1. The zero-order valence-corrected chi connectivity index (χ0v) is 10.4. The van der Waals surface area contributed by atoms with E-state index in [1.165, 1.54) is 6.92 Å². The standard InChI is InChI=1S/C14H14N2O2/c1-10(17)15-8-4-3-5-12-6-7-13-14(9-12)18-11(2)16-13/h6-7,9H,4,8H2,1-2H3,(H,15,17). The molecule has 2 rings (SSSR count). The van der Waals surface area contributed by atoms with E-state index < -0.39 is 0 Å². The number of nitrogens with one attached hydrogen (secondary N) is 1. The molecule has 0 spiro atoms. The Balaban J connectivity index is 2.03. The fourth-order valence-electron chi connectivity index (χ4n) is 1.58. The van der Waals surface area contributed by atoms with E-state index in [1.54, 1.807) is 0 Å². The van der Waals surface area contributed by atoms with Crippen LogP contribution in [0.1, 0.15) is 24.8 Å². The van der Waals surface area contributed by atoms with Crippen LogP contribution in [-0.2, 0) is 4.79 Å². The highest BCUT2D eigenvalue weighted by molar-refractivity contribution is 5.74. The van der Waals surface area contributed by atoms with Crippen LogP contribution in [0.15, 0.2) is 22.6 Å². The number of carbonyl (C=O) groups is 1. The van der Waals surface area contributed by atoms with Crippen molar-refractivity contribution in [2.75, 3.05) is 6.54 Å². The molecule has 0 fully saturated rings. The van der Waals surface area contributed by atoms with Gasteiger partial charge in [-0.25, -0.2) is 4.98 Å². The van der Waals surface area contributed by atoms with Crippen molar-refractivity contribution in [3.8, 4) is 11.8 Å². The maximum Gasteiger partial charge on any atom is 0.216 e. The molecule has 0 bridgehead atoms. The summed E-state index contributed by atoms with van der Waals surface area (Å²) in [6, 6.07) is 5.68. The second-order valence-corrected chi connectivity index (χ2v) is 3.95. The number of aromatic nitrogens is 1. The number of hydrogen-bond acceptors (Lipinski definition) is 3. The Morgan fingerprint density at radius 1 is 1.50 bits per heavy atom. The molecule has 0 atom stereocenters. The minimum atomic E-state index is -0.0321. The van der Waals surface area contributed by atoms with E-state index in [0.717, 1.165) is 16.7 Å². The average Bonchev–Trinajstić information content (AvgIpc) is 2.67. The maximum atomic E-state index is 10.6. The van der Waals surface area contributed by atoms with Gasteiger partial charge in [0.2, 0.25) is 5.91 Å². The van der Waals surface area contributed by atoms with Crippen molar-refractivity contribution in [2.24, 2.45) is 0 Å². The second-order valence-electron chi connectivity index (χ2n) is 3.95. The molecule has 0 saturated carbocycles. The summed E-state index contributed by atoms with van der Waals surface area (Å²) in [5.41, 5.74) is 2.49. The van der Waals surface area contributed by atoms with Crippen LogP contribution in [0, 0.1) is 18.8 Å². The molecule has 0 aliphatic carbocycles. The molecule has 1 N–H and O–H groups in total. The van der Waals surface area contributed by atoms with Gasteiger partial charge in [-0.2, -0.15) is 0 Å². The smallest absolute Gasteiger partial charge is 0.216 e. The number of benzene rings is 1. The summed E-state index contributed by atoms with van der Waals surface area (Å²) in [7, 11) is 0. The van der Waals surface area contributed by atoms with Crippen molar-refractivity contribution in [2.45, 2.75) is 20.3 Å². The molecule has 0 aliphatic heterocycles. The van der Waals surface area contributed by atoms with Gasteiger partial charge >= 0.3 is 0 Å². The molecule has 92 valence electrons. The van der Waals surface area contributed by atoms with Crippen molar-refractivity contribution in [1.82, 2.24) is 10.3 Å². The van der Waals surface area contributed by atoms with Crippen LogP contribution in [0.25, 0.3) is 11.1 Å². The van der Waals surface area contributed by atoms with Gasteiger partial charge in [0.05, 0.1) is 0 Å². The van der Waals surface area contributed by atoms with E-state index in [4.69, 9.17) is 4.42 Å². The Morgan fingerprint density at radius 2 is 2.33 bits per heavy atom. The number of oxazole rings is 1. The molecule has 2 aromatic rings. The largest absolute Gasteiger partial charge is 0.441 e. The molecule has 0 unspecified atom stereocenters. The van der Waals surface area contributed by atoms with E-state index in [-0.39, 0.29) is 5.91 Å². The highest BCUT2D eigenvalue weighted by Gasteiger charge is 2.01. The van der Waals surface area contributed by atoms with Crippen LogP contribution >= 0.6 is 0 Å². The summed E-state index contributed by atoms with van der Waals surface area (Å²) >= 11 is 0. The summed E-state index contributed by atoms with van der Waals surface area (Å²) in [4.78, 5) is 14.9. The number of fused-ring (bicyclic) bond motifs is 1. The van der Waals surface area contributed by atoms with Crippen LogP contribution in [0.5, 0.6) is 0 Å². The van der Waals surface area contributed by atoms with Gasteiger partial charge in [0.1, 0.15) is 5.52 Å². The van der Waals surface area contributed by atoms with Crippen molar-refractivity contribution in [3.63, 3.8) is 0 Å². The molecular weight excluding hydrogens is 228 g/mol. The fourth-order valence-corrected chi connectivity index (χ4v) is 1.58. The number of nitrogens with zero attached hydrogens (tertiary/aromatic N) is 1. The van der Waals surface area contributed by atoms with E-state index in [9.17, 15) is 4.79 Å². The van der Waals surface area contributed by atoms with Crippen molar-refractivity contribution >= 4 is 17.0 Å². The van der Waals surface area contributed by atoms with Gasteiger partial charge in [-0.3, -0.25) is 4.79 Å². The molecule has 1 heterocycles. The predicted molar refractivity (Wildman–Crippen MR) is 68.9 cm³/mol. The minimum Gasteiger partial charge on any atom is -0.441 e. The van der Waals surface area contributed by atoms with Gasteiger partial charge < -0.3 is 9.73 Å². The summed E-state index contributed by atoms with van der Waals surface area (Å²) in [6.07, 6.45) is 0.632. The fraction of sp³-hybridized carbons (Fsp3) is 0.286. The molecule has 4 nitrogen and oxygen atoms in total. The topological polar surface area (TPSA) is 55.1 Å². The third-order valence-corrected chi connectivity index (χ3v) is 2.35. The Morgan fingerprint density at radius 3 is 3.11 bits per heavy atom. The van der Waals surface area contributed by atoms with Gasteiger partial charge in [-0.15, -0.1) is 0 Å². The highest BCUT2D eigenvalue weighted by atomic mass is 16.3. The predicted octanol–water partition coefficient (Wildman–Crippen LogP) is 2.01. The molecule has 0 saturated heterocycles. The van der Waals surface area contributed by atoms with Gasteiger partial charge in [0.25, 0.3) is 0 Å². The number of rotatable bonds is 2.